The summed E-state index contributed by atoms with van der Waals surface area (Å²) in [6.07, 6.45) is 1.47. The van der Waals surface area contributed by atoms with Crippen molar-refractivity contribution in [3.8, 4) is 0 Å². The fourth-order valence-corrected chi connectivity index (χ4v) is 4.87. The number of fused-ring (bicyclic) bond motifs is 1. The third kappa shape index (κ3) is 2.50. The number of sulfonamides is 1. The van der Waals surface area contributed by atoms with E-state index in [1.807, 2.05) is 30.3 Å². The van der Waals surface area contributed by atoms with E-state index in [9.17, 15) is 8.42 Å². The Bertz CT molecular complexity index is 997. The summed E-state index contributed by atoms with van der Waals surface area (Å²) in [4.78, 5) is 4.51. The third-order valence-corrected chi connectivity index (χ3v) is 6.26. The first kappa shape index (κ1) is 15.3. The van der Waals surface area contributed by atoms with Crippen LogP contribution in [-0.2, 0) is 10.0 Å². The maximum atomic E-state index is 13.1. The van der Waals surface area contributed by atoms with E-state index in [4.69, 9.17) is 4.52 Å². The summed E-state index contributed by atoms with van der Waals surface area (Å²) >= 11 is 0. The van der Waals surface area contributed by atoms with E-state index >= 15 is 0 Å². The molecule has 124 valence electrons. The van der Waals surface area contributed by atoms with Gasteiger partial charge in [0.15, 0.2) is 5.82 Å². The summed E-state index contributed by atoms with van der Waals surface area (Å²) in [5.74, 6) is 0.884. The first-order valence-corrected chi connectivity index (χ1v) is 9.30. The van der Waals surface area contributed by atoms with E-state index in [0.29, 0.717) is 29.6 Å². The Balaban J connectivity index is 1.75. The molecule has 1 aromatic heterocycles. The Morgan fingerprint density at radius 1 is 1.17 bits per heavy atom. The molecule has 0 amide bonds. The Hall–Kier alpha value is -2.25. The molecule has 1 aliphatic rings. The predicted molar refractivity (Wildman–Crippen MR) is 88.8 cm³/mol. The lowest BCUT2D eigenvalue weighted by atomic mass is 10.1. The van der Waals surface area contributed by atoms with Crippen LogP contribution in [-0.4, -0.2) is 29.4 Å². The van der Waals surface area contributed by atoms with Gasteiger partial charge in [0.25, 0.3) is 0 Å². The van der Waals surface area contributed by atoms with Gasteiger partial charge in [0.2, 0.25) is 15.9 Å². The molecular weight excluding hydrogens is 326 g/mol. The molecule has 24 heavy (non-hydrogen) atoms. The zero-order valence-electron chi connectivity index (χ0n) is 13.2. The number of aryl methyl sites for hydroxylation is 1. The van der Waals surface area contributed by atoms with E-state index in [1.165, 1.54) is 4.31 Å². The van der Waals surface area contributed by atoms with Gasteiger partial charge >= 0.3 is 0 Å². The van der Waals surface area contributed by atoms with E-state index in [1.54, 1.807) is 19.1 Å². The van der Waals surface area contributed by atoms with Gasteiger partial charge in [0.1, 0.15) is 6.04 Å². The van der Waals surface area contributed by atoms with Crippen LogP contribution in [0, 0.1) is 6.92 Å². The van der Waals surface area contributed by atoms with Crippen molar-refractivity contribution >= 4 is 20.8 Å². The molecule has 1 aliphatic heterocycles. The number of hydrogen-bond donors (Lipinski definition) is 0. The highest BCUT2D eigenvalue weighted by Crippen LogP contribution is 2.36. The van der Waals surface area contributed by atoms with Crippen molar-refractivity contribution in [3.05, 3.63) is 54.2 Å². The van der Waals surface area contributed by atoms with Gasteiger partial charge < -0.3 is 4.52 Å². The topological polar surface area (TPSA) is 76.3 Å². The summed E-state index contributed by atoms with van der Waals surface area (Å²) in [6.45, 7) is 2.19. The monoisotopic (exact) mass is 343 g/mol. The van der Waals surface area contributed by atoms with E-state index in [0.717, 1.165) is 17.2 Å². The Kier molecular flexibility index (Phi) is 3.62. The molecule has 0 aliphatic carbocycles. The van der Waals surface area contributed by atoms with Gasteiger partial charge in [0, 0.05) is 6.54 Å². The largest absolute Gasteiger partial charge is 0.338 e. The minimum Gasteiger partial charge on any atom is -0.338 e. The van der Waals surface area contributed by atoms with E-state index in [2.05, 4.69) is 10.1 Å². The van der Waals surface area contributed by atoms with Crippen LogP contribution in [0.4, 0.5) is 0 Å². The van der Waals surface area contributed by atoms with Gasteiger partial charge in [-0.3, -0.25) is 0 Å². The van der Waals surface area contributed by atoms with Crippen molar-refractivity contribution in [2.24, 2.45) is 0 Å². The molecule has 0 radical (unpaired) electrons. The zero-order valence-corrected chi connectivity index (χ0v) is 14.0. The van der Waals surface area contributed by atoms with Crippen molar-refractivity contribution in [1.82, 2.24) is 14.4 Å². The maximum absolute atomic E-state index is 13.1. The van der Waals surface area contributed by atoms with Gasteiger partial charge in [-0.15, -0.1) is 0 Å². The number of benzene rings is 2. The standard InChI is InChI=1S/C17H17N3O3S/c1-12-18-17(23-19-12)16-7-4-10-20(16)24(21,22)15-9-8-13-5-2-3-6-14(13)11-15/h2-3,5-6,8-9,11,16H,4,7,10H2,1H3. The average Bonchev–Trinajstić information content (AvgIpc) is 3.23. The lowest BCUT2D eigenvalue weighted by Gasteiger charge is -2.21. The Labute approximate surface area is 140 Å². The van der Waals surface area contributed by atoms with Crippen LogP contribution in [0.15, 0.2) is 51.9 Å². The Morgan fingerprint density at radius 3 is 2.71 bits per heavy atom. The molecule has 0 N–H and O–H groups in total. The molecule has 7 heteroatoms. The quantitative estimate of drug-likeness (QED) is 0.730. The van der Waals surface area contributed by atoms with Gasteiger partial charge in [-0.2, -0.15) is 9.29 Å². The van der Waals surface area contributed by atoms with Crippen LogP contribution >= 0.6 is 0 Å². The average molecular weight is 343 g/mol. The highest BCUT2D eigenvalue weighted by atomic mass is 32.2. The van der Waals surface area contributed by atoms with Crippen molar-refractivity contribution in [1.29, 1.82) is 0 Å². The van der Waals surface area contributed by atoms with Crippen LogP contribution in [0.1, 0.15) is 30.6 Å². The second kappa shape index (κ2) is 5.68. The first-order valence-electron chi connectivity index (χ1n) is 7.86. The minimum atomic E-state index is -3.61. The number of nitrogens with zero attached hydrogens (tertiary/aromatic N) is 3. The van der Waals surface area contributed by atoms with Crippen LogP contribution in [0.25, 0.3) is 10.8 Å². The fourth-order valence-electron chi connectivity index (χ4n) is 3.19. The van der Waals surface area contributed by atoms with E-state index < -0.39 is 10.0 Å². The molecular formula is C17H17N3O3S. The summed E-state index contributed by atoms with van der Waals surface area (Å²) in [5, 5.41) is 5.70. The number of aromatic nitrogens is 2. The number of rotatable bonds is 3. The van der Waals surface area contributed by atoms with Crippen molar-refractivity contribution in [3.63, 3.8) is 0 Å². The molecule has 0 spiro atoms. The van der Waals surface area contributed by atoms with Crippen LogP contribution in [0.5, 0.6) is 0 Å². The first-order chi connectivity index (χ1) is 11.6. The van der Waals surface area contributed by atoms with Crippen LogP contribution in [0.3, 0.4) is 0 Å². The normalized spacial score (nSPS) is 19.1. The molecule has 1 unspecified atom stereocenters. The van der Waals surface area contributed by atoms with Crippen LogP contribution < -0.4 is 0 Å². The minimum absolute atomic E-state index is 0.296. The molecule has 2 heterocycles. The lowest BCUT2D eigenvalue weighted by molar-refractivity contribution is 0.289. The smallest absolute Gasteiger partial charge is 0.245 e. The third-order valence-electron chi connectivity index (χ3n) is 4.36. The predicted octanol–water partition coefficient (Wildman–Crippen LogP) is 3.06. The van der Waals surface area contributed by atoms with Gasteiger partial charge in [-0.1, -0.05) is 35.5 Å². The van der Waals surface area contributed by atoms with Crippen molar-refractivity contribution in [2.75, 3.05) is 6.54 Å². The van der Waals surface area contributed by atoms with Gasteiger partial charge in [-0.05, 0) is 42.7 Å². The fraction of sp³-hybridized carbons (Fsp3) is 0.294. The summed E-state index contributed by atoms with van der Waals surface area (Å²) < 4.78 is 32.9. The number of hydrogen-bond acceptors (Lipinski definition) is 5. The Morgan fingerprint density at radius 2 is 1.96 bits per heavy atom. The summed E-state index contributed by atoms with van der Waals surface area (Å²) in [6, 6.07) is 12.5. The highest BCUT2D eigenvalue weighted by molar-refractivity contribution is 7.89. The molecule has 0 bridgehead atoms. The molecule has 2 aromatic carbocycles. The molecule has 4 rings (SSSR count). The van der Waals surface area contributed by atoms with Crippen molar-refractivity contribution < 1.29 is 12.9 Å². The van der Waals surface area contributed by atoms with Crippen molar-refractivity contribution in [2.45, 2.75) is 30.7 Å². The SMILES string of the molecule is Cc1noc(C2CCCN2S(=O)(=O)c2ccc3ccccc3c2)n1. The summed E-state index contributed by atoms with van der Waals surface area (Å²) in [7, 11) is -3.61. The summed E-state index contributed by atoms with van der Waals surface area (Å²) in [5.41, 5.74) is 0. The molecule has 1 atom stereocenters. The molecule has 3 aromatic rings. The van der Waals surface area contributed by atoms with Gasteiger partial charge in [0.05, 0.1) is 4.90 Å². The molecule has 1 fully saturated rings. The van der Waals surface area contributed by atoms with Crippen LogP contribution in [0.2, 0.25) is 0 Å². The molecule has 0 saturated carbocycles. The second-order valence-corrected chi connectivity index (χ2v) is 7.85. The lowest BCUT2D eigenvalue weighted by Crippen LogP contribution is -2.30. The van der Waals surface area contributed by atoms with E-state index in [-0.39, 0.29) is 6.04 Å². The molecule has 6 nitrogen and oxygen atoms in total. The maximum Gasteiger partial charge on any atom is 0.245 e. The molecule has 1 saturated heterocycles. The highest BCUT2D eigenvalue weighted by Gasteiger charge is 2.39. The second-order valence-electron chi connectivity index (χ2n) is 5.96. The van der Waals surface area contributed by atoms with Gasteiger partial charge in [-0.25, -0.2) is 8.42 Å². The zero-order chi connectivity index (χ0) is 16.7.